The van der Waals surface area contributed by atoms with Crippen molar-refractivity contribution >= 4 is 29.0 Å². The molecule has 0 aromatic carbocycles. The number of ether oxygens (including phenoxy) is 1. The van der Waals surface area contributed by atoms with Crippen LogP contribution >= 0.6 is 23.2 Å². The van der Waals surface area contributed by atoms with Crippen LogP contribution in [0.15, 0.2) is 6.07 Å². The minimum atomic E-state index is 0.169. The van der Waals surface area contributed by atoms with Gasteiger partial charge in [-0.2, -0.15) is 0 Å². The second-order valence-electron chi connectivity index (χ2n) is 3.68. The molecule has 0 saturated carbocycles. The van der Waals surface area contributed by atoms with Crippen LogP contribution in [0.4, 0.5) is 5.82 Å². The van der Waals surface area contributed by atoms with Crippen molar-refractivity contribution in [1.29, 1.82) is 0 Å². The van der Waals surface area contributed by atoms with Gasteiger partial charge in [-0.1, -0.05) is 18.5 Å². The normalized spacial score (nSPS) is 21.2. The Morgan fingerprint density at radius 1 is 1.50 bits per heavy atom. The van der Waals surface area contributed by atoms with Gasteiger partial charge in [-0.25, -0.2) is 9.97 Å². The molecular weight excluding hydrogens is 249 g/mol. The maximum atomic E-state index is 5.86. The molecule has 0 radical (unpaired) electrons. The molecule has 16 heavy (non-hydrogen) atoms. The molecule has 0 amide bonds. The standard InChI is InChI=1S/C10H13Cl2N3O/c1-2-7-3-4-16-6-15(7)9-5-8(11)13-10(12)14-9/h5,7H,2-4,6H2,1H3/t7-/m1/s1. The molecule has 0 N–H and O–H groups in total. The van der Waals surface area contributed by atoms with Crippen molar-refractivity contribution in [2.24, 2.45) is 0 Å². The zero-order valence-corrected chi connectivity index (χ0v) is 10.5. The molecule has 1 aromatic rings. The van der Waals surface area contributed by atoms with Gasteiger partial charge in [0.05, 0.1) is 6.61 Å². The van der Waals surface area contributed by atoms with E-state index in [1.807, 2.05) is 0 Å². The molecule has 2 rings (SSSR count). The molecule has 6 heteroatoms. The van der Waals surface area contributed by atoms with E-state index in [-0.39, 0.29) is 5.28 Å². The lowest BCUT2D eigenvalue weighted by molar-refractivity contribution is 0.0859. The van der Waals surface area contributed by atoms with Crippen molar-refractivity contribution in [3.05, 3.63) is 16.5 Å². The van der Waals surface area contributed by atoms with Crippen molar-refractivity contribution < 1.29 is 4.74 Å². The predicted molar refractivity (Wildman–Crippen MR) is 64.0 cm³/mol. The maximum Gasteiger partial charge on any atom is 0.225 e. The van der Waals surface area contributed by atoms with E-state index in [9.17, 15) is 0 Å². The Morgan fingerprint density at radius 2 is 2.31 bits per heavy atom. The van der Waals surface area contributed by atoms with Gasteiger partial charge in [-0.3, -0.25) is 0 Å². The molecular formula is C10H13Cl2N3O. The minimum absolute atomic E-state index is 0.169. The summed E-state index contributed by atoms with van der Waals surface area (Å²) in [6.45, 7) is 3.47. The number of aromatic nitrogens is 2. The van der Waals surface area contributed by atoms with Crippen LogP contribution in [0.25, 0.3) is 0 Å². The van der Waals surface area contributed by atoms with E-state index < -0.39 is 0 Å². The van der Waals surface area contributed by atoms with Gasteiger partial charge in [0.1, 0.15) is 17.7 Å². The molecule has 0 spiro atoms. The molecule has 1 saturated heterocycles. The Labute approximate surface area is 105 Å². The Morgan fingerprint density at radius 3 is 3.00 bits per heavy atom. The fourth-order valence-corrected chi connectivity index (χ4v) is 2.25. The average molecular weight is 262 g/mol. The highest BCUT2D eigenvalue weighted by Crippen LogP contribution is 2.24. The lowest BCUT2D eigenvalue weighted by Crippen LogP contribution is -2.42. The van der Waals surface area contributed by atoms with Gasteiger partial charge in [-0.15, -0.1) is 0 Å². The van der Waals surface area contributed by atoms with Crippen molar-refractivity contribution in [1.82, 2.24) is 9.97 Å². The molecule has 1 aromatic heterocycles. The second kappa shape index (κ2) is 5.17. The lowest BCUT2D eigenvalue weighted by atomic mass is 10.1. The summed E-state index contributed by atoms with van der Waals surface area (Å²) < 4.78 is 5.43. The first kappa shape index (κ1) is 11.9. The molecule has 0 aliphatic carbocycles. The Balaban J connectivity index is 2.26. The number of rotatable bonds is 2. The molecule has 1 fully saturated rings. The molecule has 4 nitrogen and oxygen atoms in total. The Kier molecular flexibility index (Phi) is 3.84. The van der Waals surface area contributed by atoms with Crippen LogP contribution in [0.3, 0.4) is 0 Å². The van der Waals surface area contributed by atoms with Crippen LogP contribution in [0.5, 0.6) is 0 Å². The first-order valence-electron chi connectivity index (χ1n) is 5.25. The topological polar surface area (TPSA) is 38.2 Å². The van der Waals surface area contributed by atoms with E-state index in [0.29, 0.717) is 17.9 Å². The quantitative estimate of drug-likeness (QED) is 0.606. The fraction of sp³-hybridized carbons (Fsp3) is 0.600. The molecule has 2 heterocycles. The van der Waals surface area contributed by atoms with Gasteiger partial charge < -0.3 is 9.64 Å². The average Bonchev–Trinajstić information content (AvgIpc) is 2.27. The summed E-state index contributed by atoms with van der Waals surface area (Å²) >= 11 is 11.6. The zero-order valence-electron chi connectivity index (χ0n) is 8.99. The van der Waals surface area contributed by atoms with E-state index in [4.69, 9.17) is 27.9 Å². The largest absolute Gasteiger partial charge is 0.361 e. The highest BCUT2D eigenvalue weighted by molar-refractivity contribution is 6.32. The number of nitrogens with zero attached hydrogens (tertiary/aromatic N) is 3. The lowest BCUT2D eigenvalue weighted by Gasteiger charge is -2.35. The Hall–Kier alpha value is -0.580. The van der Waals surface area contributed by atoms with E-state index in [1.54, 1.807) is 6.07 Å². The molecule has 1 aliphatic rings. The third-order valence-electron chi connectivity index (χ3n) is 2.69. The van der Waals surface area contributed by atoms with E-state index >= 15 is 0 Å². The summed E-state index contributed by atoms with van der Waals surface area (Å²) in [5, 5.41) is 0.526. The number of hydrogen-bond acceptors (Lipinski definition) is 4. The first-order valence-corrected chi connectivity index (χ1v) is 6.00. The SMILES string of the molecule is CC[C@@H]1CCOCN1c1cc(Cl)nc(Cl)n1. The number of halogens is 2. The first-order chi connectivity index (χ1) is 7.70. The summed E-state index contributed by atoms with van der Waals surface area (Å²) in [7, 11) is 0. The molecule has 0 bridgehead atoms. The zero-order chi connectivity index (χ0) is 11.5. The highest BCUT2D eigenvalue weighted by atomic mass is 35.5. The van der Waals surface area contributed by atoms with Gasteiger partial charge in [-0.05, 0) is 24.4 Å². The van der Waals surface area contributed by atoms with Gasteiger partial charge in [0.25, 0.3) is 0 Å². The monoisotopic (exact) mass is 261 g/mol. The van der Waals surface area contributed by atoms with Crippen molar-refractivity contribution in [2.45, 2.75) is 25.8 Å². The van der Waals surface area contributed by atoms with Crippen molar-refractivity contribution in [3.8, 4) is 0 Å². The maximum absolute atomic E-state index is 5.86. The van der Waals surface area contributed by atoms with Crippen LogP contribution in [0, 0.1) is 0 Å². The number of anilines is 1. The predicted octanol–water partition coefficient (Wildman–Crippen LogP) is 2.75. The molecule has 88 valence electrons. The van der Waals surface area contributed by atoms with Crippen LogP contribution in [-0.2, 0) is 4.74 Å². The van der Waals surface area contributed by atoms with Crippen molar-refractivity contribution in [3.63, 3.8) is 0 Å². The van der Waals surface area contributed by atoms with Gasteiger partial charge in [0.2, 0.25) is 5.28 Å². The Bertz CT molecular complexity index is 355. The summed E-state index contributed by atoms with van der Waals surface area (Å²) in [6, 6.07) is 2.14. The van der Waals surface area contributed by atoms with Crippen LogP contribution in [-0.4, -0.2) is 29.3 Å². The van der Waals surface area contributed by atoms with Crippen LogP contribution in [0.2, 0.25) is 10.4 Å². The van der Waals surface area contributed by atoms with E-state index in [1.165, 1.54) is 0 Å². The second-order valence-corrected chi connectivity index (χ2v) is 4.40. The summed E-state index contributed by atoms with van der Waals surface area (Å²) in [6.07, 6.45) is 2.04. The summed E-state index contributed by atoms with van der Waals surface area (Å²) in [5.41, 5.74) is 0. The van der Waals surface area contributed by atoms with E-state index in [2.05, 4.69) is 21.8 Å². The van der Waals surface area contributed by atoms with Gasteiger partial charge in [0.15, 0.2) is 0 Å². The summed E-state index contributed by atoms with van der Waals surface area (Å²) in [4.78, 5) is 10.1. The van der Waals surface area contributed by atoms with Crippen LogP contribution in [0.1, 0.15) is 19.8 Å². The van der Waals surface area contributed by atoms with Gasteiger partial charge in [0, 0.05) is 12.1 Å². The number of hydrogen-bond donors (Lipinski definition) is 0. The third kappa shape index (κ3) is 2.56. The third-order valence-corrected chi connectivity index (χ3v) is 3.05. The molecule has 1 atom stereocenters. The molecule has 0 unspecified atom stereocenters. The minimum Gasteiger partial charge on any atom is -0.361 e. The van der Waals surface area contributed by atoms with Gasteiger partial charge >= 0.3 is 0 Å². The van der Waals surface area contributed by atoms with Crippen molar-refractivity contribution in [2.75, 3.05) is 18.2 Å². The fourth-order valence-electron chi connectivity index (χ4n) is 1.85. The smallest absolute Gasteiger partial charge is 0.225 e. The summed E-state index contributed by atoms with van der Waals surface area (Å²) in [5.74, 6) is 0.733. The highest BCUT2D eigenvalue weighted by Gasteiger charge is 2.23. The van der Waals surface area contributed by atoms with E-state index in [0.717, 1.165) is 25.3 Å². The molecule has 1 aliphatic heterocycles. The van der Waals surface area contributed by atoms with Crippen LogP contribution < -0.4 is 4.90 Å².